The standard InChI is InChI=1S/C21H38/c1-15-4-9-18(10-5-15)20-13-8-17(3)14-21(20)19-11-6-16(2)7-12-19/h15-21H,4-14H2,1-3H3. The van der Waals surface area contributed by atoms with Crippen LogP contribution in [0.15, 0.2) is 0 Å². The van der Waals surface area contributed by atoms with Gasteiger partial charge in [0.05, 0.1) is 0 Å². The predicted molar refractivity (Wildman–Crippen MR) is 92.2 cm³/mol. The first-order valence-electron chi connectivity index (χ1n) is 10.1. The normalized spacial score (nSPS) is 49.0. The molecular weight excluding hydrogens is 252 g/mol. The zero-order valence-electron chi connectivity index (χ0n) is 14.8. The van der Waals surface area contributed by atoms with Crippen LogP contribution in [0.25, 0.3) is 0 Å². The average Bonchev–Trinajstić information content (AvgIpc) is 2.49. The second kappa shape index (κ2) is 7.05. The molecule has 0 aromatic heterocycles. The number of rotatable bonds is 2. The third-order valence-corrected chi connectivity index (χ3v) is 7.55. The molecule has 0 heteroatoms. The lowest BCUT2D eigenvalue weighted by atomic mass is 9.59. The van der Waals surface area contributed by atoms with Gasteiger partial charge in [0.2, 0.25) is 0 Å². The predicted octanol–water partition coefficient (Wildman–Crippen LogP) is 6.69. The van der Waals surface area contributed by atoms with E-state index in [4.69, 9.17) is 0 Å². The first-order valence-corrected chi connectivity index (χ1v) is 10.1. The fourth-order valence-electron chi connectivity index (χ4n) is 6.00. The Morgan fingerprint density at radius 1 is 0.429 bits per heavy atom. The van der Waals surface area contributed by atoms with E-state index < -0.39 is 0 Å². The van der Waals surface area contributed by atoms with E-state index in [-0.39, 0.29) is 0 Å². The highest BCUT2D eigenvalue weighted by molar-refractivity contribution is 4.90. The Balaban J connectivity index is 1.65. The van der Waals surface area contributed by atoms with E-state index in [9.17, 15) is 0 Å². The van der Waals surface area contributed by atoms with E-state index in [2.05, 4.69) is 20.8 Å². The van der Waals surface area contributed by atoms with Crippen molar-refractivity contribution in [3.63, 3.8) is 0 Å². The molecule has 3 fully saturated rings. The molecule has 3 rings (SSSR count). The summed E-state index contributed by atoms with van der Waals surface area (Å²) in [4.78, 5) is 0. The Bertz CT molecular complexity index is 304. The molecule has 3 saturated carbocycles. The summed E-state index contributed by atoms with van der Waals surface area (Å²) in [5, 5.41) is 0. The van der Waals surface area contributed by atoms with Crippen molar-refractivity contribution in [1.82, 2.24) is 0 Å². The topological polar surface area (TPSA) is 0 Å². The van der Waals surface area contributed by atoms with Crippen molar-refractivity contribution in [2.45, 2.75) is 91.4 Å². The molecule has 3 atom stereocenters. The van der Waals surface area contributed by atoms with Gasteiger partial charge in [0, 0.05) is 0 Å². The third kappa shape index (κ3) is 3.85. The molecule has 3 aliphatic carbocycles. The Labute approximate surface area is 133 Å². The second-order valence-electron chi connectivity index (χ2n) is 9.29. The summed E-state index contributed by atoms with van der Waals surface area (Å²) in [7, 11) is 0. The van der Waals surface area contributed by atoms with Gasteiger partial charge >= 0.3 is 0 Å². The summed E-state index contributed by atoms with van der Waals surface area (Å²) in [5.74, 6) is 7.42. The fourth-order valence-corrected chi connectivity index (χ4v) is 6.00. The van der Waals surface area contributed by atoms with Crippen LogP contribution in [0.1, 0.15) is 91.4 Å². The van der Waals surface area contributed by atoms with Crippen molar-refractivity contribution < 1.29 is 0 Å². The van der Waals surface area contributed by atoms with Crippen LogP contribution in [-0.2, 0) is 0 Å². The first kappa shape index (κ1) is 15.9. The minimum atomic E-state index is 1.01. The minimum absolute atomic E-state index is 1.01. The van der Waals surface area contributed by atoms with E-state index in [0.29, 0.717) is 0 Å². The van der Waals surface area contributed by atoms with Crippen LogP contribution in [0, 0.1) is 41.4 Å². The van der Waals surface area contributed by atoms with E-state index in [1.807, 2.05) is 0 Å². The van der Waals surface area contributed by atoms with Crippen molar-refractivity contribution in [1.29, 1.82) is 0 Å². The summed E-state index contributed by atoms with van der Waals surface area (Å²) in [6.45, 7) is 7.47. The molecule has 0 heterocycles. The number of hydrogen-bond donors (Lipinski definition) is 0. The Morgan fingerprint density at radius 3 is 1.38 bits per heavy atom. The highest BCUT2D eigenvalue weighted by atomic mass is 14.4. The molecule has 0 bridgehead atoms. The van der Waals surface area contributed by atoms with E-state index in [1.54, 1.807) is 38.5 Å². The molecular formula is C21H38. The van der Waals surface area contributed by atoms with Gasteiger partial charge in [-0.05, 0) is 80.0 Å². The number of hydrogen-bond acceptors (Lipinski definition) is 0. The summed E-state index contributed by atoms with van der Waals surface area (Å²) in [6.07, 6.45) is 16.9. The molecule has 0 N–H and O–H groups in total. The van der Waals surface area contributed by atoms with E-state index in [1.165, 1.54) is 32.1 Å². The molecule has 0 aromatic carbocycles. The van der Waals surface area contributed by atoms with Crippen LogP contribution in [-0.4, -0.2) is 0 Å². The van der Waals surface area contributed by atoms with Gasteiger partial charge in [-0.1, -0.05) is 52.9 Å². The first-order chi connectivity index (χ1) is 10.1. The molecule has 0 amide bonds. The average molecular weight is 291 g/mol. The SMILES string of the molecule is CC1CCC(C2CCC(C)CC2C2CCC(C)CC2)CC1. The fraction of sp³-hybridized carbons (Fsp3) is 1.00. The minimum Gasteiger partial charge on any atom is -0.0625 e. The molecule has 0 saturated heterocycles. The zero-order valence-corrected chi connectivity index (χ0v) is 14.8. The highest BCUT2D eigenvalue weighted by Gasteiger charge is 2.39. The summed E-state index contributed by atoms with van der Waals surface area (Å²) in [6, 6.07) is 0. The maximum Gasteiger partial charge on any atom is -0.0352 e. The van der Waals surface area contributed by atoms with Crippen molar-refractivity contribution >= 4 is 0 Å². The molecule has 0 aromatic rings. The van der Waals surface area contributed by atoms with Gasteiger partial charge in [-0.3, -0.25) is 0 Å². The zero-order chi connectivity index (χ0) is 14.8. The van der Waals surface area contributed by atoms with Gasteiger partial charge in [0.15, 0.2) is 0 Å². The Kier molecular flexibility index (Phi) is 5.33. The van der Waals surface area contributed by atoms with Gasteiger partial charge in [-0.15, -0.1) is 0 Å². The van der Waals surface area contributed by atoms with E-state index in [0.717, 1.165) is 41.4 Å². The van der Waals surface area contributed by atoms with Crippen molar-refractivity contribution in [3.8, 4) is 0 Å². The van der Waals surface area contributed by atoms with Crippen LogP contribution in [0.2, 0.25) is 0 Å². The van der Waals surface area contributed by atoms with Gasteiger partial charge in [-0.25, -0.2) is 0 Å². The van der Waals surface area contributed by atoms with Crippen LogP contribution in [0.4, 0.5) is 0 Å². The van der Waals surface area contributed by atoms with Gasteiger partial charge in [-0.2, -0.15) is 0 Å². The lowest BCUT2D eigenvalue weighted by Gasteiger charge is -2.46. The van der Waals surface area contributed by atoms with Crippen molar-refractivity contribution in [2.75, 3.05) is 0 Å². The van der Waals surface area contributed by atoms with Crippen LogP contribution < -0.4 is 0 Å². The molecule has 0 spiro atoms. The second-order valence-corrected chi connectivity index (χ2v) is 9.29. The molecule has 3 unspecified atom stereocenters. The van der Waals surface area contributed by atoms with E-state index >= 15 is 0 Å². The Hall–Kier alpha value is 0. The summed E-state index contributed by atoms with van der Waals surface area (Å²) < 4.78 is 0. The maximum atomic E-state index is 2.53. The lowest BCUT2D eigenvalue weighted by molar-refractivity contribution is 0.0385. The molecule has 3 aliphatic rings. The quantitative estimate of drug-likeness (QED) is 0.531. The maximum absolute atomic E-state index is 2.53. The van der Waals surface area contributed by atoms with Gasteiger partial charge < -0.3 is 0 Å². The molecule has 122 valence electrons. The summed E-state index contributed by atoms with van der Waals surface area (Å²) in [5.41, 5.74) is 0. The van der Waals surface area contributed by atoms with Crippen LogP contribution in [0.5, 0.6) is 0 Å². The van der Waals surface area contributed by atoms with Gasteiger partial charge in [0.25, 0.3) is 0 Å². The molecule has 0 aliphatic heterocycles. The largest absolute Gasteiger partial charge is 0.0625 e. The molecule has 21 heavy (non-hydrogen) atoms. The van der Waals surface area contributed by atoms with Crippen LogP contribution >= 0.6 is 0 Å². The lowest BCUT2D eigenvalue weighted by Crippen LogP contribution is -2.37. The van der Waals surface area contributed by atoms with Crippen molar-refractivity contribution in [2.24, 2.45) is 41.4 Å². The third-order valence-electron chi connectivity index (χ3n) is 7.55. The van der Waals surface area contributed by atoms with Crippen molar-refractivity contribution in [3.05, 3.63) is 0 Å². The monoisotopic (exact) mass is 290 g/mol. The molecule has 0 nitrogen and oxygen atoms in total. The smallest absolute Gasteiger partial charge is 0.0352 e. The molecule has 0 radical (unpaired) electrons. The summed E-state index contributed by atoms with van der Waals surface area (Å²) >= 11 is 0. The Morgan fingerprint density at radius 2 is 0.857 bits per heavy atom. The van der Waals surface area contributed by atoms with Crippen LogP contribution in [0.3, 0.4) is 0 Å². The highest BCUT2D eigenvalue weighted by Crippen LogP contribution is 2.49. The van der Waals surface area contributed by atoms with Gasteiger partial charge in [0.1, 0.15) is 0 Å².